The number of aliphatic hydroxyl groups excluding tert-OH is 1. The monoisotopic (exact) mass is 227 g/mol. The molecule has 0 spiro atoms. The molecule has 0 aliphatic heterocycles. The van der Waals surface area contributed by atoms with Gasteiger partial charge in [-0.25, -0.2) is 0 Å². The lowest BCUT2D eigenvalue weighted by molar-refractivity contribution is -0.117. The Morgan fingerprint density at radius 1 is 1.44 bits per heavy atom. The molecule has 1 unspecified atom stereocenters. The Morgan fingerprint density at radius 2 is 2.00 bits per heavy atom. The van der Waals surface area contributed by atoms with Crippen LogP contribution in [-0.2, 0) is 4.79 Å². The first-order valence-electron chi connectivity index (χ1n) is 5.87. The predicted octanol–water partition coefficient (Wildman–Crippen LogP) is 2.26. The van der Waals surface area contributed by atoms with Crippen molar-refractivity contribution in [2.75, 3.05) is 6.61 Å². The molecule has 0 aromatic heterocycles. The van der Waals surface area contributed by atoms with E-state index in [1.54, 1.807) is 6.08 Å². The number of carbonyl (C=O) groups is 1. The molecule has 1 amide bonds. The summed E-state index contributed by atoms with van der Waals surface area (Å²) < 4.78 is 0. The number of amides is 1. The number of rotatable bonds is 5. The number of carbonyl (C=O) groups excluding carboxylic acids is 1. The summed E-state index contributed by atoms with van der Waals surface area (Å²) in [4.78, 5) is 11.6. The Bertz CT molecular complexity index is 251. The smallest absolute Gasteiger partial charge is 0.244 e. The third-order valence-electron chi connectivity index (χ3n) is 2.71. The zero-order valence-corrected chi connectivity index (χ0v) is 11.1. The topological polar surface area (TPSA) is 49.3 Å². The second kappa shape index (κ2) is 6.69. The number of nitrogens with one attached hydrogen (secondary N) is 1. The molecule has 0 fully saturated rings. The molecule has 2 N–H and O–H groups in total. The highest BCUT2D eigenvalue weighted by molar-refractivity contribution is 5.88. The number of hydrogen-bond acceptors (Lipinski definition) is 2. The molecule has 94 valence electrons. The molecule has 0 bridgehead atoms. The quantitative estimate of drug-likeness (QED) is 0.708. The Labute approximate surface area is 98.9 Å². The van der Waals surface area contributed by atoms with Crippen LogP contribution in [-0.4, -0.2) is 23.7 Å². The minimum absolute atomic E-state index is 0.0334. The van der Waals surface area contributed by atoms with Gasteiger partial charge in [-0.3, -0.25) is 4.79 Å². The fourth-order valence-corrected chi connectivity index (χ4v) is 1.17. The maximum Gasteiger partial charge on any atom is 0.244 e. The Morgan fingerprint density at radius 3 is 2.44 bits per heavy atom. The Kier molecular flexibility index (Phi) is 6.34. The van der Waals surface area contributed by atoms with Crippen LogP contribution >= 0.6 is 0 Å². The van der Waals surface area contributed by atoms with Gasteiger partial charge in [-0.2, -0.15) is 0 Å². The van der Waals surface area contributed by atoms with Crippen molar-refractivity contribution in [2.24, 2.45) is 5.41 Å². The highest BCUT2D eigenvalue weighted by Crippen LogP contribution is 2.23. The minimum atomic E-state index is -0.0436. The van der Waals surface area contributed by atoms with Gasteiger partial charge in [0.05, 0.1) is 0 Å². The van der Waals surface area contributed by atoms with Crippen LogP contribution in [0.25, 0.3) is 0 Å². The van der Waals surface area contributed by atoms with E-state index in [4.69, 9.17) is 5.11 Å². The van der Waals surface area contributed by atoms with Crippen LogP contribution in [0.4, 0.5) is 0 Å². The molecule has 0 saturated carbocycles. The van der Waals surface area contributed by atoms with E-state index in [1.165, 1.54) is 0 Å². The molecule has 0 aliphatic rings. The molecule has 16 heavy (non-hydrogen) atoms. The van der Waals surface area contributed by atoms with Crippen LogP contribution in [0.1, 0.15) is 47.5 Å². The molecule has 3 heteroatoms. The van der Waals surface area contributed by atoms with Crippen LogP contribution in [0.15, 0.2) is 11.6 Å². The molecule has 3 nitrogen and oxygen atoms in total. The summed E-state index contributed by atoms with van der Waals surface area (Å²) in [6, 6.07) is 0.115. The summed E-state index contributed by atoms with van der Waals surface area (Å²) in [6.45, 7) is 10.4. The van der Waals surface area contributed by atoms with E-state index in [9.17, 15) is 4.79 Å². The van der Waals surface area contributed by atoms with Gasteiger partial charge >= 0.3 is 0 Å². The number of allylic oxidation sites excluding steroid dienone is 1. The SMILES string of the molecule is C/C(=C/C(=O)NC(C)CCCO)C(C)(C)C. The maximum absolute atomic E-state index is 11.6. The predicted molar refractivity (Wildman–Crippen MR) is 67.1 cm³/mol. The van der Waals surface area contributed by atoms with Gasteiger partial charge < -0.3 is 10.4 Å². The molecular formula is C13H25NO2. The normalized spacial score (nSPS) is 14.8. The van der Waals surface area contributed by atoms with Gasteiger partial charge in [0.1, 0.15) is 0 Å². The largest absolute Gasteiger partial charge is 0.396 e. The Balaban J connectivity index is 4.17. The van der Waals surface area contributed by atoms with Gasteiger partial charge in [-0.15, -0.1) is 0 Å². The number of aliphatic hydroxyl groups is 1. The third-order valence-corrected chi connectivity index (χ3v) is 2.71. The van der Waals surface area contributed by atoms with Crippen LogP contribution in [0, 0.1) is 5.41 Å². The standard InChI is InChI=1S/C13H25NO2/c1-10(13(3,4)5)9-12(16)14-11(2)7-6-8-15/h9,11,15H,6-8H2,1-5H3,(H,14,16)/b10-9-. The summed E-state index contributed by atoms with van der Waals surface area (Å²) in [5, 5.41) is 11.6. The first kappa shape index (κ1) is 15.2. The molecular weight excluding hydrogens is 202 g/mol. The third kappa shape index (κ3) is 6.62. The van der Waals surface area contributed by atoms with Crippen molar-refractivity contribution in [1.29, 1.82) is 0 Å². The van der Waals surface area contributed by atoms with E-state index < -0.39 is 0 Å². The van der Waals surface area contributed by atoms with Crippen LogP contribution < -0.4 is 5.32 Å². The molecule has 0 rings (SSSR count). The molecule has 0 aromatic rings. The van der Waals surface area contributed by atoms with Crippen LogP contribution in [0.3, 0.4) is 0 Å². The maximum atomic E-state index is 11.6. The Hall–Kier alpha value is -0.830. The lowest BCUT2D eigenvalue weighted by atomic mass is 9.87. The zero-order valence-electron chi connectivity index (χ0n) is 11.1. The van der Waals surface area contributed by atoms with E-state index >= 15 is 0 Å². The molecule has 0 aromatic carbocycles. The fraction of sp³-hybridized carbons (Fsp3) is 0.769. The van der Waals surface area contributed by atoms with Crippen molar-refractivity contribution < 1.29 is 9.90 Å². The van der Waals surface area contributed by atoms with Gasteiger partial charge in [0.15, 0.2) is 0 Å². The summed E-state index contributed by atoms with van der Waals surface area (Å²) in [7, 11) is 0. The second-order valence-electron chi connectivity index (χ2n) is 5.35. The summed E-state index contributed by atoms with van der Waals surface area (Å²) in [5.41, 5.74) is 1.10. The van der Waals surface area contributed by atoms with Gasteiger partial charge in [0, 0.05) is 18.7 Å². The molecule has 0 saturated heterocycles. The van der Waals surface area contributed by atoms with E-state index in [2.05, 4.69) is 26.1 Å². The lowest BCUT2D eigenvalue weighted by Crippen LogP contribution is -2.31. The molecule has 0 aliphatic carbocycles. The minimum Gasteiger partial charge on any atom is -0.396 e. The average molecular weight is 227 g/mol. The van der Waals surface area contributed by atoms with Gasteiger partial charge in [0.2, 0.25) is 5.91 Å². The van der Waals surface area contributed by atoms with Crippen LogP contribution in [0.2, 0.25) is 0 Å². The number of hydrogen-bond donors (Lipinski definition) is 2. The van der Waals surface area contributed by atoms with Crippen molar-refractivity contribution in [3.8, 4) is 0 Å². The molecule has 0 heterocycles. The lowest BCUT2D eigenvalue weighted by Gasteiger charge is -2.20. The summed E-state index contributed by atoms with van der Waals surface area (Å²) >= 11 is 0. The summed E-state index contributed by atoms with van der Waals surface area (Å²) in [6.07, 6.45) is 3.20. The molecule has 1 atom stereocenters. The van der Waals surface area contributed by atoms with Crippen molar-refractivity contribution in [3.05, 3.63) is 11.6 Å². The van der Waals surface area contributed by atoms with E-state index in [-0.39, 0.29) is 24.0 Å². The van der Waals surface area contributed by atoms with Gasteiger partial charge in [-0.1, -0.05) is 26.3 Å². The van der Waals surface area contributed by atoms with Gasteiger partial charge in [0.25, 0.3) is 0 Å². The highest BCUT2D eigenvalue weighted by Gasteiger charge is 2.14. The first-order chi connectivity index (χ1) is 7.27. The zero-order chi connectivity index (χ0) is 12.8. The molecule has 0 radical (unpaired) electrons. The fourth-order valence-electron chi connectivity index (χ4n) is 1.17. The average Bonchev–Trinajstić information content (AvgIpc) is 2.12. The van der Waals surface area contributed by atoms with Crippen LogP contribution in [0.5, 0.6) is 0 Å². The van der Waals surface area contributed by atoms with Crippen molar-refractivity contribution in [2.45, 2.75) is 53.5 Å². The second-order valence-corrected chi connectivity index (χ2v) is 5.35. The highest BCUT2D eigenvalue weighted by atomic mass is 16.2. The van der Waals surface area contributed by atoms with Gasteiger partial charge in [-0.05, 0) is 32.1 Å². The van der Waals surface area contributed by atoms with E-state index in [0.29, 0.717) is 0 Å². The van der Waals surface area contributed by atoms with Crippen molar-refractivity contribution in [3.63, 3.8) is 0 Å². The van der Waals surface area contributed by atoms with Crippen molar-refractivity contribution in [1.82, 2.24) is 5.32 Å². The van der Waals surface area contributed by atoms with E-state index in [0.717, 1.165) is 18.4 Å². The first-order valence-corrected chi connectivity index (χ1v) is 5.87. The summed E-state index contributed by atoms with van der Waals surface area (Å²) in [5.74, 6) is -0.0436. The van der Waals surface area contributed by atoms with E-state index in [1.807, 2.05) is 13.8 Å². The van der Waals surface area contributed by atoms with Crippen molar-refractivity contribution >= 4 is 5.91 Å².